The third-order valence-corrected chi connectivity index (χ3v) is 5.05. The van der Waals surface area contributed by atoms with Crippen LogP contribution >= 0.6 is 11.6 Å². The Morgan fingerprint density at radius 3 is 2.56 bits per heavy atom. The van der Waals surface area contributed by atoms with E-state index in [-0.39, 0.29) is 17.6 Å². The fourth-order valence-electron chi connectivity index (χ4n) is 3.29. The van der Waals surface area contributed by atoms with E-state index in [4.69, 9.17) is 17.3 Å². The average molecular weight is 390 g/mol. The molecule has 0 unspecified atom stereocenters. The van der Waals surface area contributed by atoms with Crippen molar-refractivity contribution in [1.29, 1.82) is 0 Å². The van der Waals surface area contributed by atoms with E-state index in [2.05, 4.69) is 10.2 Å². The number of nitrogens with one attached hydrogen (secondary N) is 1. The summed E-state index contributed by atoms with van der Waals surface area (Å²) in [6.07, 6.45) is 1.33. The van der Waals surface area contributed by atoms with Gasteiger partial charge in [-0.1, -0.05) is 29.8 Å². The molecule has 1 saturated heterocycles. The van der Waals surface area contributed by atoms with Crippen molar-refractivity contribution in [2.45, 2.75) is 19.4 Å². The molecule has 1 fully saturated rings. The Morgan fingerprint density at radius 2 is 1.89 bits per heavy atom. The van der Waals surface area contributed by atoms with Crippen LogP contribution in [0.2, 0.25) is 5.02 Å². The van der Waals surface area contributed by atoms with Crippen molar-refractivity contribution >= 4 is 29.1 Å². The second-order valence-corrected chi connectivity index (χ2v) is 7.12. The van der Waals surface area contributed by atoms with Gasteiger partial charge in [-0.25, -0.2) is 4.39 Å². The number of anilines is 1. The lowest BCUT2D eigenvalue weighted by Gasteiger charge is -2.31. The van der Waals surface area contributed by atoms with Crippen LogP contribution in [0.1, 0.15) is 28.8 Å². The summed E-state index contributed by atoms with van der Waals surface area (Å²) >= 11 is 5.78. The zero-order chi connectivity index (χ0) is 19.4. The van der Waals surface area contributed by atoms with E-state index in [0.717, 1.165) is 0 Å². The largest absolute Gasteiger partial charge is 0.366 e. The Balaban J connectivity index is 1.56. The second kappa shape index (κ2) is 8.50. The van der Waals surface area contributed by atoms with Crippen LogP contribution < -0.4 is 11.1 Å². The highest BCUT2D eigenvalue weighted by atomic mass is 35.5. The lowest BCUT2D eigenvalue weighted by atomic mass is 9.95. The fraction of sp³-hybridized carbons (Fsp3) is 0.300. The summed E-state index contributed by atoms with van der Waals surface area (Å²) in [5.74, 6) is -1.17. The van der Waals surface area contributed by atoms with Crippen LogP contribution in [0, 0.1) is 11.7 Å². The Kier molecular flexibility index (Phi) is 6.08. The molecule has 1 heterocycles. The SMILES string of the molecule is NC(=O)c1ccccc1NC(=O)C1CCN(Cc2ccc(Cl)cc2F)CC1. The molecule has 3 N–H and O–H groups in total. The number of hydrogen-bond acceptors (Lipinski definition) is 3. The van der Waals surface area contributed by atoms with Crippen molar-refractivity contribution in [2.75, 3.05) is 18.4 Å². The second-order valence-electron chi connectivity index (χ2n) is 6.69. The maximum absolute atomic E-state index is 13.9. The van der Waals surface area contributed by atoms with Crippen LogP contribution in [0.15, 0.2) is 42.5 Å². The van der Waals surface area contributed by atoms with Gasteiger partial charge in [0.25, 0.3) is 5.91 Å². The van der Waals surface area contributed by atoms with E-state index in [1.54, 1.807) is 36.4 Å². The summed E-state index contributed by atoms with van der Waals surface area (Å²) in [4.78, 5) is 26.1. The Morgan fingerprint density at radius 1 is 1.19 bits per heavy atom. The number of primary amides is 1. The molecule has 7 heteroatoms. The summed E-state index contributed by atoms with van der Waals surface area (Å²) in [6.45, 7) is 1.87. The van der Waals surface area contributed by atoms with Gasteiger partial charge in [0.15, 0.2) is 0 Å². The van der Waals surface area contributed by atoms with Gasteiger partial charge in [0.1, 0.15) is 5.82 Å². The van der Waals surface area contributed by atoms with Crippen LogP contribution in [-0.2, 0) is 11.3 Å². The van der Waals surface area contributed by atoms with Crippen molar-refractivity contribution in [1.82, 2.24) is 4.90 Å². The standard InChI is InChI=1S/C20H21ClFN3O2/c21-15-6-5-14(17(22)11-15)12-25-9-7-13(8-10-25)20(27)24-18-4-2-1-3-16(18)19(23)26/h1-6,11,13H,7-10,12H2,(H2,23,26)(H,24,27). The normalized spacial score (nSPS) is 15.5. The molecule has 0 bridgehead atoms. The van der Waals surface area contributed by atoms with Gasteiger partial charge in [-0.3, -0.25) is 14.5 Å². The molecule has 1 aliphatic rings. The smallest absolute Gasteiger partial charge is 0.250 e. The van der Waals surface area contributed by atoms with Crippen LogP contribution in [0.3, 0.4) is 0 Å². The number of para-hydroxylation sites is 1. The molecule has 0 atom stereocenters. The highest BCUT2D eigenvalue weighted by molar-refractivity contribution is 6.30. The van der Waals surface area contributed by atoms with Crippen molar-refractivity contribution < 1.29 is 14.0 Å². The number of halogens is 2. The Bertz CT molecular complexity index is 851. The molecule has 142 valence electrons. The van der Waals surface area contributed by atoms with Gasteiger partial charge in [-0.15, -0.1) is 0 Å². The molecule has 2 aromatic rings. The maximum Gasteiger partial charge on any atom is 0.250 e. The minimum absolute atomic E-state index is 0.124. The zero-order valence-electron chi connectivity index (χ0n) is 14.8. The molecule has 0 saturated carbocycles. The molecule has 5 nitrogen and oxygen atoms in total. The molecule has 0 aromatic heterocycles. The van der Waals surface area contributed by atoms with Gasteiger partial charge in [-0.05, 0) is 50.2 Å². The molecular weight excluding hydrogens is 369 g/mol. The first-order chi connectivity index (χ1) is 12.9. The molecule has 0 radical (unpaired) electrons. The number of amides is 2. The first kappa shape index (κ1) is 19.3. The van der Waals surface area contributed by atoms with Crippen LogP contribution in [0.25, 0.3) is 0 Å². The number of carbonyl (C=O) groups is 2. The third kappa shape index (κ3) is 4.84. The number of piperidine rings is 1. The third-order valence-electron chi connectivity index (χ3n) is 4.82. The number of carbonyl (C=O) groups excluding carboxylic acids is 2. The van der Waals surface area contributed by atoms with Crippen molar-refractivity contribution in [3.63, 3.8) is 0 Å². The minimum Gasteiger partial charge on any atom is -0.366 e. The lowest BCUT2D eigenvalue weighted by Crippen LogP contribution is -2.38. The molecule has 2 aromatic carbocycles. The number of hydrogen-bond donors (Lipinski definition) is 2. The first-order valence-electron chi connectivity index (χ1n) is 8.80. The summed E-state index contributed by atoms with van der Waals surface area (Å²) < 4.78 is 13.9. The van der Waals surface area contributed by atoms with Crippen LogP contribution in [0.5, 0.6) is 0 Å². The van der Waals surface area contributed by atoms with Gasteiger partial charge in [0.05, 0.1) is 11.3 Å². The summed E-state index contributed by atoms with van der Waals surface area (Å²) in [5.41, 5.74) is 6.67. The maximum atomic E-state index is 13.9. The number of nitrogens with zero attached hydrogens (tertiary/aromatic N) is 1. The number of nitrogens with two attached hydrogens (primary N) is 1. The van der Waals surface area contributed by atoms with E-state index >= 15 is 0 Å². The molecule has 2 amide bonds. The molecule has 1 aliphatic heterocycles. The number of benzene rings is 2. The van der Waals surface area contributed by atoms with Gasteiger partial charge >= 0.3 is 0 Å². The predicted octanol–water partition coefficient (Wildman–Crippen LogP) is 3.43. The average Bonchev–Trinajstić information content (AvgIpc) is 2.65. The van der Waals surface area contributed by atoms with Gasteiger partial charge in [-0.2, -0.15) is 0 Å². The fourth-order valence-corrected chi connectivity index (χ4v) is 3.44. The van der Waals surface area contributed by atoms with E-state index in [1.165, 1.54) is 6.07 Å². The summed E-state index contributed by atoms with van der Waals surface area (Å²) in [5, 5.41) is 3.19. The molecule has 3 rings (SSSR count). The monoisotopic (exact) mass is 389 g/mol. The lowest BCUT2D eigenvalue weighted by molar-refractivity contribution is -0.121. The van der Waals surface area contributed by atoms with Gasteiger partial charge in [0.2, 0.25) is 5.91 Å². The highest BCUT2D eigenvalue weighted by Crippen LogP contribution is 2.23. The van der Waals surface area contributed by atoms with Crippen molar-refractivity contribution in [3.8, 4) is 0 Å². The van der Waals surface area contributed by atoms with E-state index in [1.807, 2.05) is 0 Å². The molecule has 0 spiro atoms. The summed E-state index contributed by atoms with van der Waals surface area (Å²) in [6, 6.07) is 11.4. The molecular formula is C20H21ClFN3O2. The quantitative estimate of drug-likeness (QED) is 0.822. The van der Waals surface area contributed by atoms with E-state index in [9.17, 15) is 14.0 Å². The number of rotatable bonds is 5. The van der Waals surface area contributed by atoms with E-state index < -0.39 is 5.91 Å². The Hall–Kier alpha value is -2.44. The molecule has 0 aliphatic carbocycles. The minimum atomic E-state index is -0.578. The highest BCUT2D eigenvalue weighted by Gasteiger charge is 2.26. The summed E-state index contributed by atoms with van der Waals surface area (Å²) in [7, 11) is 0. The zero-order valence-corrected chi connectivity index (χ0v) is 15.5. The molecule has 27 heavy (non-hydrogen) atoms. The van der Waals surface area contributed by atoms with Crippen LogP contribution in [0.4, 0.5) is 10.1 Å². The van der Waals surface area contributed by atoms with Crippen LogP contribution in [-0.4, -0.2) is 29.8 Å². The van der Waals surface area contributed by atoms with E-state index in [0.29, 0.717) is 54.3 Å². The Labute approximate surface area is 162 Å². The first-order valence-corrected chi connectivity index (χ1v) is 9.18. The van der Waals surface area contributed by atoms with Crippen molar-refractivity contribution in [3.05, 3.63) is 64.4 Å². The van der Waals surface area contributed by atoms with Gasteiger partial charge < -0.3 is 11.1 Å². The van der Waals surface area contributed by atoms with Gasteiger partial charge in [0, 0.05) is 23.0 Å². The topological polar surface area (TPSA) is 75.4 Å². The number of likely N-dealkylation sites (tertiary alicyclic amines) is 1. The van der Waals surface area contributed by atoms with Crippen molar-refractivity contribution in [2.24, 2.45) is 11.7 Å². The predicted molar refractivity (Wildman–Crippen MR) is 103 cm³/mol.